The molecule has 0 saturated heterocycles. The number of urea groups is 1. The highest BCUT2D eigenvalue weighted by Crippen LogP contribution is 2.62. The van der Waals surface area contributed by atoms with E-state index >= 15 is 4.79 Å². The van der Waals surface area contributed by atoms with E-state index in [1.165, 1.54) is 18.4 Å². The second kappa shape index (κ2) is 17.0. The van der Waals surface area contributed by atoms with E-state index in [2.05, 4.69) is 51.2 Å². The Morgan fingerprint density at radius 3 is 2.35 bits per heavy atom. The van der Waals surface area contributed by atoms with Gasteiger partial charge in [0.1, 0.15) is 5.75 Å². The van der Waals surface area contributed by atoms with Crippen LogP contribution in [-0.2, 0) is 6.42 Å². The number of amides is 2. The number of anilines is 1. The van der Waals surface area contributed by atoms with Crippen LogP contribution in [0.5, 0.6) is 5.75 Å². The number of carbonyl (C=O) groups is 2. The molecule has 4 aromatic rings. The SMILES string of the molecule is COc1ccc(NC(=O)N(CC2CCC3CC2C3(C)C)CC2(O)CCC3c4ccc(cc4C(=O)c4ccccc4-c4ccccc4)CC(O)CCC(C)=CCCC32C)cc1. The summed E-state index contributed by atoms with van der Waals surface area (Å²) in [5.41, 5.74) is 5.22. The number of benzene rings is 4. The van der Waals surface area contributed by atoms with Gasteiger partial charge in [0.05, 0.1) is 25.4 Å². The van der Waals surface area contributed by atoms with Crippen molar-refractivity contribution in [1.82, 2.24) is 4.90 Å². The smallest absolute Gasteiger partial charge is 0.321 e. The Morgan fingerprint density at radius 2 is 1.62 bits per heavy atom. The van der Waals surface area contributed by atoms with Crippen molar-refractivity contribution in [2.75, 3.05) is 25.5 Å². The predicted octanol–water partition coefficient (Wildman–Crippen LogP) is 11.2. The van der Waals surface area contributed by atoms with E-state index in [0.29, 0.717) is 67.3 Å². The van der Waals surface area contributed by atoms with Crippen molar-refractivity contribution in [3.63, 3.8) is 0 Å². The number of aliphatic hydroxyl groups excluding tert-OH is 1. The third-order valence-electron chi connectivity index (χ3n) is 15.7. The number of hydrogen-bond donors (Lipinski definition) is 3. The van der Waals surface area contributed by atoms with Gasteiger partial charge in [-0.3, -0.25) is 4.79 Å². The lowest BCUT2D eigenvalue weighted by Crippen LogP contribution is -2.58. The molecular formula is C53H64N2O5. The van der Waals surface area contributed by atoms with Gasteiger partial charge in [0, 0.05) is 28.8 Å². The van der Waals surface area contributed by atoms with Crippen LogP contribution < -0.4 is 10.1 Å². The minimum Gasteiger partial charge on any atom is -0.497 e. The van der Waals surface area contributed by atoms with E-state index in [9.17, 15) is 15.0 Å². The van der Waals surface area contributed by atoms with Crippen molar-refractivity contribution in [2.24, 2.45) is 28.6 Å². The molecule has 4 saturated carbocycles. The summed E-state index contributed by atoms with van der Waals surface area (Å²) in [7, 11) is 1.63. The van der Waals surface area contributed by atoms with Gasteiger partial charge in [-0.25, -0.2) is 4.79 Å². The zero-order valence-corrected chi connectivity index (χ0v) is 36.3. The zero-order chi connectivity index (χ0) is 42.2. The van der Waals surface area contributed by atoms with Crippen LogP contribution >= 0.6 is 0 Å². The van der Waals surface area contributed by atoms with Crippen LogP contribution in [0.15, 0.2) is 109 Å². The lowest BCUT2D eigenvalue weighted by molar-refractivity contribution is -0.117. The van der Waals surface area contributed by atoms with Gasteiger partial charge < -0.3 is 25.2 Å². The fourth-order valence-corrected chi connectivity index (χ4v) is 11.8. The van der Waals surface area contributed by atoms with E-state index in [1.54, 1.807) is 7.11 Å². The molecule has 0 heterocycles. The van der Waals surface area contributed by atoms with E-state index in [-0.39, 0.29) is 29.7 Å². The number of ether oxygens (including phenoxy) is 1. The van der Waals surface area contributed by atoms with Crippen LogP contribution in [-0.4, -0.2) is 58.8 Å². The summed E-state index contributed by atoms with van der Waals surface area (Å²) in [6.45, 7) is 9.91. The summed E-state index contributed by atoms with van der Waals surface area (Å²) < 4.78 is 5.39. The molecule has 7 nitrogen and oxygen atoms in total. The maximum atomic E-state index is 15.2. The maximum absolute atomic E-state index is 15.2. The minimum atomic E-state index is -1.24. The number of nitrogens with zero attached hydrogens (tertiary/aromatic N) is 1. The second-order valence-corrected chi connectivity index (χ2v) is 19.4. The van der Waals surface area contributed by atoms with Crippen LogP contribution in [0, 0.1) is 28.6 Å². The molecule has 2 amide bonds. The molecule has 7 unspecified atom stereocenters. The van der Waals surface area contributed by atoms with Crippen molar-refractivity contribution in [1.29, 1.82) is 0 Å². The van der Waals surface area contributed by atoms with Gasteiger partial charge in [-0.05, 0) is 153 Å². The van der Waals surface area contributed by atoms with E-state index in [1.807, 2.05) is 89.8 Å². The monoisotopic (exact) mass is 808 g/mol. The molecule has 4 bridgehead atoms. The second-order valence-electron chi connectivity index (χ2n) is 19.4. The molecule has 7 atom stereocenters. The summed E-state index contributed by atoms with van der Waals surface area (Å²) in [6, 6.07) is 31.3. The highest BCUT2D eigenvalue weighted by atomic mass is 16.5. The molecule has 4 aromatic carbocycles. The van der Waals surface area contributed by atoms with Gasteiger partial charge >= 0.3 is 6.03 Å². The molecule has 7 heteroatoms. The highest BCUT2D eigenvalue weighted by molar-refractivity contribution is 6.14. The van der Waals surface area contributed by atoms with Crippen LogP contribution in [0.3, 0.4) is 0 Å². The lowest BCUT2D eigenvalue weighted by Gasteiger charge is -2.60. The average molecular weight is 809 g/mol. The van der Waals surface area contributed by atoms with Crippen LogP contribution in [0.2, 0.25) is 0 Å². The molecule has 0 radical (unpaired) electrons. The lowest BCUT2D eigenvalue weighted by atomic mass is 9.45. The summed E-state index contributed by atoms with van der Waals surface area (Å²) in [4.78, 5) is 31.7. The van der Waals surface area contributed by atoms with Gasteiger partial charge in [0.2, 0.25) is 0 Å². The van der Waals surface area contributed by atoms with Crippen molar-refractivity contribution >= 4 is 17.5 Å². The molecular weight excluding hydrogens is 745 g/mol. The van der Waals surface area contributed by atoms with Crippen molar-refractivity contribution in [2.45, 2.75) is 110 Å². The molecule has 10 rings (SSSR count). The van der Waals surface area contributed by atoms with Gasteiger partial charge in [-0.2, -0.15) is 0 Å². The summed E-state index contributed by atoms with van der Waals surface area (Å²) >= 11 is 0. The number of nitrogens with one attached hydrogen (secondary N) is 1. The van der Waals surface area contributed by atoms with Gasteiger partial charge in [0.25, 0.3) is 0 Å². The van der Waals surface area contributed by atoms with Crippen LogP contribution in [0.4, 0.5) is 10.5 Å². The number of fused-ring (bicyclic) bond motifs is 10. The van der Waals surface area contributed by atoms with Crippen molar-refractivity contribution in [3.05, 3.63) is 131 Å². The first-order valence-electron chi connectivity index (χ1n) is 22.4. The quantitative estimate of drug-likeness (QED) is 0.116. The fourth-order valence-electron chi connectivity index (χ4n) is 11.8. The number of hydrogen-bond acceptors (Lipinski definition) is 5. The molecule has 0 aliphatic heterocycles. The largest absolute Gasteiger partial charge is 0.497 e. The van der Waals surface area contributed by atoms with Gasteiger partial charge in [-0.1, -0.05) is 99.2 Å². The fraction of sp³-hybridized carbons (Fsp3) is 0.472. The Hall–Kier alpha value is -4.72. The van der Waals surface area contributed by atoms with E-state index < -0.39 is 17.1 Å². The number of rotatable bonds is 9. The first-order valence-corrected chi connectivity index (χ1v) is 22.4. The number of ketones is 1. The average Bonchev–Trinajstić information content (AvgIpc) is 3.51. The van der Waals surface area contributed by atoms with E-state index in [4.69, 9.17) is 4.74 Å². The molecule has 60 heavy (non-hydrogen) atoms. The van der Waals surface area contributed by atoms with Crippen molar-refractivity contribution < 1.29 is 24.5 Å². The third kappa shape index (κ3) is 8.08. The number of methoxy groups -OCH3 is 1. The first-order chi connectivity index (χ1) is 28.8. The summed E-state index contributed by atoms with van der Waals surface area (Å²) in [5, 5.41) is 27.8. The van der Waals surface area contributed by atoms with Gasteiger partial charge in [0.15, 0.2) is 5.78 Å². The molecule has 4 fully saturated rings. The Morgan fingerprint density at radius 1 is 0.867 bits per heavy atom. The Bertz CT molecular complexity index is 2210. The van der Waals surface area contributed by atoms with Gasteiger partial charge in [-0.15, -0.1) is 0 Å². The summed E-state index contributed by atoms with van der Waals surface area (Å²) in [5.74, 6) is 2.14. The van der Waals surface area contributed by atoms with E-state index in [0.717, 1.165) is 53.2 Å². The molecule has 6 aliphatic rings. The number of carbonyl (C=O) groups excluding carboxylic acids is 2. The third-order valence-corrected chi connectivity index (χ3v) is 15.7. The molecule has 0 spiro atoms. The van der Waals surface area contributed by atoms with Crippen molar-refractivity contribution in [3.8, 4) is 16.9 Å². The highest BCUT2D eigenvalue weighted by Gasteiger charge is 2.59. The number of allylic oxidation sites excluding steroid dienone is 2. The predicted molar refractivity (Wildman–Crippen MR) is 240 cm³/mol. The Balaban J connectivity index is 1.19. The number of aliphatic hydroxyl groups is 2. The Kier molecular flexibility index (Phi) is 11.9. The zero-order valence-electron chi connectivity index (χ0n) is 36.3. The standard InChI is InChI=1S/C53H64N2O5/c1-35-12-11-28-52(4)47(44-26-18-36(30-41(56)23-17-35)31-46(44)49(57)45-16-10-9-15-43(45)37-13-7-6-8-14-37)27-29-53(52,59)34-55(33-38-19-20-39-32-48(38)51(39,2)3)50(58)54-40-21-24-42(60-5)25-22-40/h6-10,12-16,18,21-22,24-26,31,38-39,41,47-48,56,59H,11,17,19-20,23,27-30,32-34H2,1-5H3,(H,54,58). The maximum Gasteiger partial charge on any atom is 0.321 e. The summed E-state index contributed by atoms with van der Waals surface area (Å²) in [6.07, 6.45) is 9.67. The first kappa shape index (κ1) is 42.0. The Labute approximate surface area is 357 Å². The topological polar surface area (TPSA) is 99.1 Å². The molecule has 0 aromatic heterocycles. The minimum absolute atomic E-state index is 0.0550. The molecule has 6 aliphatic carbocycles. The van der Waals surface area contributed by atoms with Crippen LogP contribution in [0.25, 0.3) is 11.1 Å². The van der Waals surface area contributed by atoms with Crippen LogP contribution in [0.1, 0.15) is 118 Å². The molecule has 316 valence electrons. The molecule has 3 N–H and O–H groups in total. The normalized spacial score (nSPS) is 28.4.